The summed E-state index contributed by atoms with van der Waals surface area (Å²) in [6.07, 6.45) is 6.23. The first kappa shape index (κ1) is 19.5. The van der Waals surface area contributed by atoms with E-state index in [0.29, 0.717) is 5.92 Å². The number of likely N-dealkylation sites (tertiary alicyclic amines) is 1. The Kier molecular flexibility index (Phi) is 6.89. The lowest BCUT2D eigenvalue weighted by Gasteiger charge is -2.41. The lowest BCUT2D eigenvalue weighted by Crippen LogP contribution is -2.54. The van der Waals surface area contributed by atoms with Gasteiger partial charge in [0.15, 0.2) is 0 Å². The Bertz CT molecular complexity index is 406. The van der Waals surface area contributed by atoms with Crippen molar-refractivity contribution in [2.24, 2.45) is 5.92 Å². The van der Waals surface area contributed by atoms with E-state index >= 15 is 0 Å². The molecule has 0 bridgehead atoms. The fraction of sp³-hybridized carbons (Fsp3) is 0.944. The number of carbonyl (C=O) groups is 1. The zero-order valence-electron chi connectivity index (χ0n) is 15.3. The van der Waals surface area contributed by atoms with Gasteiger partial charge in [-0.05, 0) is 52.4 Å². The molecule has 0 aromatic heterocycles. The molecule has 6 nitrogen and oxygen atoms in total. The van der Waals surface area contributed by atoms with Crippen LogP contribution in [0.2, 0.25) is 0 Å². The number of rotatable bonds is 5. The minimum absolute atomic E-state index is 0.0693. The second-order valence-electron chi connectivity index (χ2n) is 8.17. The topological polar surface area (TPSA) is 82.0 Å². The van der Waals surface area contributed by atoms with E-state index in [2.05, 4.69) is 5.32 Å². The maximum Gasteiger partial charge on any atom is 0.410 e. The predicted octanol–water partition coefficient (Wildman–Crippen LogP) is 1.89. The number of carbonyl (C=O) groups excluding carboxylic acids is 1. The number of nitrogens with zero attached hydrogens (tertiary/aromatic N) is 1. The van der Waals surface area contributed by atoms with Gasteiger partial charge in [0.1, 0.15) is 5.60 Å². The Morgan fingerprint density at radius 1 is 1.17 bits per heavy atom. The van der Waals surface area contributed by atoms with Gasteiger partial charge in [0.2, 0.25) is 0 Å². The molecule has 2 aliphatic rings. The smallest absolute Gasteiger partial charge is 0.410 e. The van der Waals surface area contributed by atoms with Crippen LogP contribution in [0.1, 0.15) is 59.3 Å². The molecule has 0 aromatic rings. The third kappa shape index (κ3) is 5.07. The summed E-state index contributed by atoms with van der Waals surface area (Å²) in [5, 5.41) is 22.1. The third-order valence-corrected chi connectivity index (χ3v) is 5.13. The van der Waals surface area contributed by atoms with Gasteiger partial charge in [0.05, 0.1) is 19.3 Å². The quantitative estimate of drug-likeness (QED) is 0.711. The van der Waals surface area contributed by atoms with Crippen molar-refractivity contribution in [3.63, 3.8) is 0 Å². The fourth-order valence-electron chi connectivity index (χ4n) is 4.08. The highest BCUT2D eigenvalue weighted by atomic mass is 16.6. The Labute approximate surface area is 145 Å². The second kappa shape index (κ2) is 8.50. The van der Waals surface area contributed by atoms with Crippen LogP contribution >= 0.6 is 0 Å². The summed E-state index contributed by atoms with van der Waals surface area (Å²) in [5.74, 6) is 0.356. The van der Waals surface area contributed by atoms with Crippen molar-refractivity contribution in [3.05, 3.63) is 0 Å². The molecule has 24 heavy (non-hydrogen) atoms. The summed E-state index contributed by atoms with van der Waals surface area (Å²) >= 11 is 0. The Hall–Kier alpha value is -0.850. The number of amides is 1. The third-order valence-electron chi connectivity index (χ3n) is 5.13. The molecular formula is C18H34N2O4. The van der Waals surface area contributed by atoms with Crippen LogP contribution < -0.4 is 5.32 Å². The Balaban J connectivity index is 2.06. The van der Waals surface area contributed by atoms with Crippen molar-refractivity contribution < 1.29 is 19.7 Å². The molecule has 1 heterocycles. The molecule has 1 saturated carbocycles. The van der Waals surface area contributed by atoms with E-state index in [1.54, 1.807) is 0 Å². The van der Waals surface area contributed by atoms with Gasteiger partial charge in [-0.15, -0.1) is 0 Å². The van der Waals surface area contributed by atoms with E-state index in [0.717, 1.165) is 38.6 Å². The van der Waals surface area contributed by atoms with Gasteiger partial charge in [-0.3, -0.25) is 0 Å². The van der Waals surface area contributed by atoms with Gasteiger partial charge in [-0.1, -0.05) is 12.8 Å². The average Bonchev–Trinajstić information content (AvgIpc) is 3.01. The molecule has 1 saturated heterocycles. The SMILES string of the molecule is CC(C)(C)OC(=O)N1CCCC1C1CCCCC1NC(CO)CO. The summed E-state index contributed by atoms with van der Waals surface area (Å²) in [6, 6.07) is 0.138. The highest BCUT2D eigenvalue weighted by molar-refractivity contribution is 5.69. The van der Waals surface area contributed by atoms with Crippen LogP contribution in [0, 0.1) is 5.92 Å². The lowest BCUT2D eigenvalue weighted by atomic mass is 9.78. The van der Waals surface area contributed by atoms with Crippen molar-refractivity contribution in [3.8, 4) is 0 Å². The first-order valence-electron chi connectivity index (χ1n) is 9.33. The summed E-state index contributed by atoms with van der Waals surface area (Å²) in [6.45, 7) is 6.31. The summed E-state index contributed by atoms with van der Waals surface area (Å²) in [4.78, 5) is 14.5. The lowest BCUT2D eigenvalue weighted by molar-refractivity contribution is 0.0120. The van der Waals surface area contributed by atoms with E-state index < -0.39 is 5.60 Å². The Morgan fingerprint density at radius 3 is 2.46 bits per heavy atom. The van der Waals surface area contributed by atoms with Crippen LogP contribution in [0.15, 0.2) is 0 Å². The molecule has 1 amide bonds. The molecule has 1 aliphatic heterocycles. The number of nitrogens with one attached hydrogen (secondary N) is 1. The van der Waals surface area contributed by atoms with E-state index in [9.17, 15) is 15.0 Å². The Morgan fingerprint density at radius 2 is 1.83 bits per heavy atom. The molecule has 0 aromatic carbocycles. The minimum Gasteiger partial charge on any atom is -0.444 e. The minimum atomic E-state index is -0.479. The molecule has 3 unspecified atom stereocenters. The zero-order chi connectivity index (χ0) is 17.7. The highest BCUT2D eigenvalue weighted by Gasteiger charge is 2.41. The average molecular weight is 342 g/mol. The number of aliphatic hydroxyl groups excluding tert-OH is 2. The molecule has 6 heteroatoms. The van der Waals surface area contributed by atoms with E-state index in [4.69, 9.17) is 4.74 Å². The highest BCUT2D eigenvalue weighted by Crippen LogP contribution is 2.35. The number of hydrogen-bond donors (Lipinski definition) is 3. The molecule has 1 aliphatic carbocycles. The second-order valence-corrected chi connectivity index (χ2v) is 8.17. The molecule has 140 valence electrons. The number of hydrogen-bond acceptors (Lipinski definition) is 5. The van der Waals surface area contributed by atoms with Gasteiger partial charge in [-0.2, -0.15) is 0 Å². The number of ether oxygens (including phenoxy) is 1. The normalized spacial score (nSPS) is 28.4. The van der Waals surface area contributed by atoms with Crippen molar-refractivity contribution in [1.82, 2.24) is 10.2 Å². The van der Waals surface area contributed by atoms with Crippen LogP contribution in [0.3, 0.4) is 0 Å². The largest absolute Gasteiger partial charge is 0.444 e. The first-order chi connectivity index (χ1) is 11.4. The molecule has 0 radical (unpaired) electrons. The fourth-order valence-corrected chi connectivity index (χ4v) is 4.08. The van der Waals surface area contributed by atoms with Crippen molar-refractivity contribution in [1.29, 1.82) is 0 Å². The van der Waals surface area contributed by atoms with E-state index in [-0.39, 0.29) is 37.4 Å². The zero-order valence-corrected chi connectivity index (χ0v) is 15.3. The van der Waals surface area contributed by atoms with Gasteiger partial charge in [-0.25, -0.2) is 4.79 Å². The molecule has 3 atom stereocenters. The van der Waals surface area contributed by atoms with Gasteiger partial charge < -0.3 is 25.2 Å². The molecular weight excluding hydrogens is 308 g/mol. The van der Waals surface area contributed by atoms with Crippen LogP contribution in [0.5, 0.6) is 0 Å². The van der Waals surface area contributed by atoms with Gasteiger partial charge >= 0.3 is 6.09 Å². The first-order valence-corrected chi connectivity index (χ1v) is 9.33. The molecule has 3 N–H and O–H groups in total. The molecule has 2 rings (SSSR count). The summed E-state index contributed by atoms with van der Waals surface area (Å²) in [5.41, 5.74) is -0.479. The maximum atomic E-state index is 12.6. The predicted molar refractivity (Wildman–Crippen MR) is 92.8 cm³/mol. The number of aliphatic hydroxyl groups is 2. The van der Waals surface area contributed by atoms with Crippen molar-refractivity contribution >= 4 is 6.09 Å². The maximum absolute atomic E-state index is 12.6. The van der Waals surface area contributed by atoms with E-state index in [1.165, 1.54) is 6.42 Å². The van der Waals surface area contributed by atoms with Gasteiger partial charge in [0, 0.05) is 18.6 Å². The van der Waals surface area contributed by atoms with Crippen LogP contribution in [-0.4, -0.2) is 64.7 Å². The van der Waals surface area contributed by atoms with Crippen molar-refractivity contribution in [2.75, 3.05) is 19.8 Å². The van der Waals surface area contributed by atoms with Crippen LogP contribution in [0.25, 0.3) is 0 Å². The summed E-state index contributed by atoms with van der Waals surface area (Å²) in [7, 11) is 0. The monoisotopic (exact) mass is 342 g/mol. The van der Waals surface area contributed by atoms with E-state index in [1.807, 2.05) is 25.7 Å². The molecule has 0 spiro atoms. The van der Waals surface area contributed by atoms with Gasteiger partial charge in [0.25, 0.3) is 0 Å². The molecule has 2 fully saturated rings. The van der Waals surface area contributed by atoms with Crippen LogP contribution in [-0.2, 0) is 4.74 Å². The van der Waals surface area contributed by atoms with Crippen LogP contribution in [0.4, 0.5) is 4.79 Å². The standard InChI is InChI=1S/C18H34N2O4/c1-18(2,3)24-17(23)20-10-6-9-16(20)14-7-4-5-8-15(14)19-13(11-21)12-22/h13-16,19,21-22H,4-12H2,1-3H3. The summed E-state index contributed by atoms with van der Waals surface area (Å²) < 4.78 is 5.59. The van der Waals surface area contributed by atoms with Crippen molar-refractivity contribution in [2.45, 2.75) is 83.0 Å².